The molecule has 0 bridgehead atoms. The van der Waals surface area contributed by atoms with Gasteiger partial charge in [0.15, 0.2) is 0 Å². The van der Waals surface area contributed by atoms with Crippen molar-refractivity contribution in [3.05, 3.63) is 71.8 Å². The minimum absolute atomic E-state index is 0.596. The zero-order valence-electron chi connectivity index (χ0n) is 12.1. The topological polar surface area (TPSA) is 34.1 Å². The van der Waals surface area contributed by atoms with E-state index in [-0.39, 0.29) is 0 Å². The van der Waals surface area contributed by atoms with Gasteiger partial charge in [-0.2, -0.15) is 0 Å². The molecule has 0 aliphatic carbocycles. The largest absolute Gasteiger partial charge is 0.216 e. The van der Waals surface area contributed by atoms with Crippen molar-refractivity contribution >= 4 is 19.7 Å². The van der Waals surface area contributed by atoms with Crippen LogP contribution in [0.1, 0.15) is 36.1 Å². The molecule has 0 saturated carbocycles. The van der Waals surface area contributed by atoms with Crippen molar-refractivity contribution in [3.63, 3.8) is 0 Å². The van der Waals surface area contributed by atoms with Gasteiger partial charge >= 0.3 is 0 Å². The first kappa shape index (κ1) is 16.1. The summed E-state index contributed by atoms with van der Waals surface area (Å²) >= 11 is 0. The van der Waals surface area contributed by atoms with Gasteiger partial charge in [0.05, 0.1) is 0 Å². The molecule has 112 valence electrons. The van der Waals surface area contributed by atoms with Crippen LogP contribution in [-0.2, 0) is 8.87 Å². The molecule has 21 heavy (non-hydrogen) atoms. The molecule has 0 aliphatic heterocycles. The number of benzene rings is 2. The fourth-order valence-corrected chi connectivity index (χ4v) is 6.05. The van der Waals surface area contributed by atoms with Crippen LogP contribution in [0.15, 0.2) is 60.7 Å². The molecule has 2 rings (SSSR count). The summed E-state index contributed by atoms with van der Waals surface area (Å²) in [6.45, 7) is 2.07. The third-order valence-electron chi connectivity index (χ3n) is 3.24. The van der Waals surface area contributed by atoms with Gasteiger partial charge in [-0.15, -0.1) is 0 Å². The van der Waals surface area contributed by atoms with Crippen LogP contribution in [0.2, 0.25) is 0 Å². The summed E-state index contributed by atoms with van der Waals surface area (Å²) in [7, 11) is -2.21. The summed E-state index contributed by atoms with van der Waals surface area (Å²) < 4.78 is 25.5. The summed E-state index contributed by atoms with van der Waals surface area (Å²) in [6, 6.07) is 18.9. The van der Waals surface area contributed by atoms with Crippen LogP contribution in [0.3, 0.4) is 0 Å². The maximum atomic E-state index is 12.8. The summed E-state index contributed by atoms with van der Waals surface area (Å²) in [4.78, 5) is 0. The van der Waals surface area contributed by atoms with E-state index in [1.807, 2.05) is 60.7 Å². The van der Waals surface area contributed by atoms with Crippen molar-refractivity contribution in [2.75, 3.05) is 5.75 Å². The lowest BCUT2D eigenvalue weighted by Gasteiger charge is -2.18. The van der Waals surface area contributed by atoms with Gasteiger partial charge in [0.2, 0.25) is 8.87 Å². The van der Waals surface area contributed by atoms with Crippen LogP contribution >= 0.6 is 10.8 Å². The molecule has 2 nitrogen and oxygen atoms in total. The predicted octanol–water partition coefficient (Wildman–Crippen LogP) is 4.64. The summed E-state index contributed by atoms with van der Waals surface area (Å²) in [5.74, 6) is 0.648. The SMILES string of the molecule is CCCCSS(=O)(=O)C(c1ccccc1)c1ccccc1. The molecule has 0 amide bonds. The van der Waals surface area contributed by atoms with E-state index in [1.54, 1.807) is 0 Å². The first-order valence-corrected chi connectivity index (χ1v) is 10.2. The standard InChI is InChI=1S/C17H20O2S2/c1-2-3-14-20-21(18,19)17(15-10-6-4-7-11-15)16-12-8-5-9-13-16/h4-13,17H,2-3,14H2,1H3. The van der Waals surface area contributed by atoms with Crippen LogP contribution in [0.4, 0.5) is 0 Å². The van der Waals surface area contributed by atoms with Gasteiger partial charge in [0.25, 0.3) is 0 Å². The summed E-state index contributed by atoms with van der Waals surface area (Å²) in [5.41, 5.74) is 1.65. The summed E-state index contributed by atoms with van der Waals surface area (Å²) in [6.07, 6.45) is 1.92. The van der Waals surface area contributed by atoms with Crippen molar-refractivity contribution in [2.45, 2.75) is 25.0 Å². The van der Waals surface area contributed by atoms with Crippen LogP contribution in [0.25, 0.3) is 0 Å². The van der Waals surface area contributed by atoms with E-state index in [1.165, 1.54) is 0 Å². The van der Waals surface area contributed by atoms with E-state index in [2.05, 4.69) is 6.92 Å². The quantitative estimate of drug-likeness (QED) is 0.550. The third-order valence-corrected chi connectivity index (χ3v) is 7.21. The lowest BCUT2D eigenvalue weighted by molar-refractivity contribution is 0.604. The van der Waals surface area contributed by atoms with E-state index >= 15 is 0 Å². The molecule has 0 unspecified atom stereocenters. The number of rotatable bonds is 7. The Bertz CT molecular complexity index is 598. The van der Waals surface area contributed by atoms with Crippen molar-refractivity contribution in [3.8, 4) is 0 Å². The maximum absolute atomic E-state index is 12.8. The Morgan fingerprint density at radius 3 is 1.81 bits per heavy atom. The van der Waals surface area contributed by atoms with E-state index in [0.29, 0.717) is 5.75 Å². The molecule has 0 fully saturated rings. The van der Waals surface area contributed by atoms with Gasteiger partial charge in [0, 0.05) is 5.75 Å². The van der Waals surface area contributed by atoms with Crippen LogP contribution < -0.4 is 0 Å². The Kier molecular flexibility index (Phi) is 5.88. The monoisotopic (exact) mass is 320 g/mol. The average molecular weight is 320 g/mol. The Hall–Kier alpha value is -1.26. The second-order valence-electron chi connectivity index (χ2n) is 4.87. The lowest BCUT2D eigenvalue weighted by atomic mass is 10.0. The number of hydrogen-bond acceptors (Lipinski definition) is 3. The van der Waals surface area contributed by atoms with Crippen molar-refractivity contribution in [1.82, 2.24) is 0 Å². The van der Waals surface area contributed by atoms with Gasteiger partial charge in [-0.05, 0) is 28.3 Å². The van der Waals surface area contributed by atoms with Crippen molar-refractivity contribution in [2.24, 2.45) is 0 Å². The van der Waals surface area contributed by atoms with Crippen LogP contribution in [-0.4, -0.2) is 14.2 Å². The van der Waals surface area contributed by atoms with Gasteiger partial charge in [-0.3, -0.25) is 0 Å². The third kappa shape index (κ3) is 4.35. The second kappa shape index (κ2) is 7.66. The highest BCUT2D eigenvalue weighted by Gasteiger charge is 2.29. The molecular formula is C17H20O2S2. The van der Waals surface area contributed by atoms with Crippen LogP contribution in [0.5, 0.6) is 0 Å². The van der Waals surface area contributed by atoms with Gasteiger partial charge in [0.1, 0.15) is 5.25 Å². The van der Waals surface area contributed by atoms with Crippen molar-refractivity contribution in [1.29, 1.82) is 0 Å². The highest BCUT2D eigenvalue weighted by atomic mass is 33.1. The normalized spacial score (nSPS) is 11.7. The zero-order valence-corrected chi connectivity index (χ0v) is 13.7. The van der Waals surface area contributed by atoms with E-state index in [9.17, 15) is 8.42 Å². The Morgan fingerprint density at radius 2 is 1.38 bits per heavy atom. The van der Waals surface area contributed by atoms with Crippen molar-refractivity contribution < 1.29 is 8.42 Å². The first-order valence-electron chi connectivity index (χ1n) is 7.13. The zero-order chi connectivity index (χ0) is 15.1. The second-order valence-corrected chi connectivity index (χ2v) is 9.07. The smallest absolute Gasteiger partial charge is 0.212 e. The Balaban J connectivity index is 2.37. The van der Waals surface area contributed by atoms with Gasteiger partial charge in [-0.25, -0.2) is 8.42 Å². The highest BCUT2D eigenvalue weighted by Crippen LogP contribution is 2.36. The van der Waals surface area contributed by atoms with Crippen LogP contribution in [0, 0.1) is 0 Å². The fraction of sp³-hybridized carbons (Fsp3) is 0.294. The number of unbranched alkanes of at least 4 members (excludes halogenated alkanes) is 1. The minimum atomic E-state index is -3.28. The molecule has 0 aliphatic rings. The molecule has 2 aromatic carbocycles. The van der Waals surface area contributed by atoms with E-state index in [4.69, 9.17) is 0 Å². The lowest BCUT2D eigenvalue weighted by Crippen LogP contribution is -2.12. The minimum Gasteiger partial charge on any atom is -0.216 e. The molecule has 0 radical (unpaired) electrons. The highest BCUT2D eigenvalue weighted by molar-refractivity contribution is 8.72. The van der Waals surface area contributed by atoms with E-state index in [0.717, 1.165) is 34.8 Å². The molecular weight excluding hydrogens is 300 g/mol. The summed E-state index contributed by atoms with van der Waals surface area (Å²) in [5, 5.41) is -0.596. The molecule has 2 aromatic rings. The number of hydrogen-bond donors (Lipinski definition) is 0. The average Bonchev–Trinajstić information content (AvgIpc) is 2.49. The Morgan fingerprint density at radius 1 is 0.905 bits per heavy atom. The Labute approximate surface area is 130 Å². The fourth-order valence-electron chi connectivity index (χ4n) is 2.17. The van der Waals surface area contributed by atoms with Gasteiger partial charge in [-0.1, -0.05) is 74.0 Å². The molecule has 0 saturated heterocycles. The molecule has 4 heteroatoms. The molecule has 0 atom stereocenters. The molecule has 0 N–H and O–H groups in total. The van der Waals surface area contributed by atoms with E-state index < -0.39 is 14.1 Å². The predicted molar refractivity (Wildman–Crippen MR) is 91.0 cm³/mol. The molecule has 0 heterocycles. The maximum Gasteiger partial charge on any atom is 0.212 e. The molecule has 0 aromatic heterocycles. The van der Waals surface area contributed by atoms with Gasteiger partial charge < -0.3 is 0 Å². The molecule has 0 spiro atoms. The first-order chi connectivity index (χ1) is 10.1.